The normalized spacial score (nSPS) is 15.3. The maximum Gasteiger partial charge on any atom is 0.313 e. The first-order valence-electron chi connectivity index (χ1n) is 5.73. The Morgan fingerprint density at radius 1 is 1.17 bits per heavy atom. The Hall–Kier alpha value is -1.95. The van der Waals surface area contributed by atoms with E-state index in [2.05, 4.69) is 10.6 Å². The summed E-state index contributed by atoms with van der Waals surface area (Å²) >= 11 is 0. The number of nitrogens with zero attached hydrogens (tertiary/aromatic N) is 1. The first-order valence-corrected chi connectivity index (χ1v) is 5.73. The van der Waals surface area contributed by atoms with Crippen LogP contribution in [0.5, 0.6) is 0 Å². The molecule has 0 atom stereocenters. The van der Waals surface area contributed by atoms with Crippen molar-refractivity contribution in [2.24, 2.45) is 0 Å². The molecule has 2 amide bonds. The van der Waals surface area contributed by atoms with Crippen LogP contribution in [0.25, 0.3) is 0 Å². The van der Waals surface area contributed by atoms with Gasteiger partial charge in [-0.15, -0.1) is 0 Å². The van der Waals surface area contributed by atoms with E-state index < -0.39 is 11.8 Å². The zero-order valence-electron chi connectivity index (χ0n) is 9.78. The zero-order valence-corrected chi connectivity index (χ0v) is 9.78. The number of carbonyl (C=O) groups excluding carboxylic acids is 2. The molecular formula is C12H14FN3O2. The second-order valence-corrected chi connectivity index (χ2v) is 4.00. The number of carbonyl (C=O) groups is 2. The van der Waals surface area contributed by atoms with E-state index in [4.69, 9.17) is 0 Å². The van der Waals surface area contributed by atoms with E-state index in [1.807, 2.05) is 0 Å². The molecule has 5 nitrogen and oxygen atoms in total. The predicted octanol–water partition coefficient (Wildman–Crippen LogP) is 0.196. The monoisotopic (exact) mass is 251 g/mol. The van der Waals surface area contributed by atoms with Crippen molar-refractivity contribution in [1.82, 2.24) is 10.2 Å². The quantitative estimate of drug-likeness (QED) is 0.701. The number of hydrogen-bond donors (Lipinski definition) is 2. The van der Waals surface area contributed by atoms with Crippen LogP contribution in [0.2, 0.25) is 0 Å². The third-order valence-corrected chi connectivity index (χ3v) is 2.70. The number of nitrogens with one attached hydrogen (secondary N) is 2. The lowest BCUT2D eigenvalue weighted by Crippen LogP contribution is -2.49. The van der Waals surface area contributed by atoms with Crippen molar-refractivity contribution in [1.29, 1.82) is 0 Å². The lowest BCUT2D eigenvalue weighted by Gasteiger charge is -2.26. The van der Waals surface area contributed by atoms with Crippen molar-refractivity contribution in [2.45, 2.75) is 0 Å². The molecule has 0 saturated carbocycles. The molecule has 2 rings (SSSR count). The van der Waals surface area contributed by atoms with E-state index in [-0.39, 0.29) is 5.82 Å². The van der Waals surface area contributed by atoms with E-state index in [0.29, 0.717) is 31.9 Å². The largest absolute Gasteiger partial charge is 0.332 e. The Kier molecular flexibility index (Phi) is 3.88. The Morgan fingerprint density at radius 2 is 1.78 bits per heavy atom. The molecule has 0 bridgehead atoms. The molecule has 2 N–H and O–H groups in total. The summed E-state index contributed by atoms with van der Waals surface area (Å²) in [5.74, 6) is -1.63. The van der Waals surface area contributed by atoms with E-state index in [9.17, 15) is 14.0 Å². The smallest absolute Gasteiger partial charge is 0.313 e. The lowest BCUT2D eigenvalue weighted by atomic mass is 10.3. The number of amides is 2. The van der Waals surface area contributed by atoms with E-state index in [1.54, 1.807) is 0 Å². The van der Waals surface area contributed by atoms with E-state index in [1.165, 1.54) is 29.2 Å². The summed E-state index contributed by atoms with van der Waals surface area (Å²) in [5.41, 5.74) is 0.407. The van der Waals surface area contributed by atoms with Gasteiger partial charge in [0.15, 0.2) is 0 Å². The second-order valence-electron chi connectivity index (χ2n) is 4.00. The average Bonchev–Trinajstić information content (AvgIpc) is 2.41. The Balaban J connectivity index is 1.94. The predicted molar refractivity (Wildman–Crippen MR) is 64.5 cm³/mol. The molecule has 1 aliphatic heterocycles. The van der Waals surface area contributed by atoms with Gasteiger partial charge in [0.25, 0.3) is 0 Å². The molecule has 96 valence electrons. The third-order valence-electron chi connectivity index (χ3n) is 2.70. The molecule has 0 radical (unpaired) electrons. The number of rotatable bonds is 1. The molecule has 1 fully saturated rings. The van der Waals surface area contributed by atoms with Gasteiger partial charge in [-0.05, 0) is 24.3 Å². The molecule has 0 spiro atoms. The lowest BCUT2D eigenvalue weighted by molar-refractivity contribution is -0.143. The van der Waals surface area contributed by atoms with Gasteiger partial charge >= 0.3 is 11.8 Å². The molecule has 0 aromatic heterocycles. The zero-order chi connectivity index (χ0) is 13.0. The number of halogens is 1. The van der Waals surface area contributed by atoms with Crippen LogP contribution >= 0.6 is 0 Å². The minimum Gasteiger partial charge on any atom is -0.332 e. The molecule has 0 aliphatic carbocycles. The number of benzene rings is 1. The van der Waals surface area contributed by atoms with Gasteiger partial charge in [-0.3, -0.25) is 9.59 Å². The minimum absolute atomic E-state index is 0.388. The topological polar surface area (TPSA) is 61.4 Å². The van der Waals surface area contributed by atoms with Crippen LogP contribution in [-0.4, -0.2) is 42.9 Å². The molecule has 0 unspecified atom stereocenters. The van der Waals surface area contributed by atoms with Gasteiger partial charge in [-0.1, -0.05) is 0 Å². The number of anilines is 1. The summed E-state index contributed by atoms with van der Waals surface area (Å²) in [4.78, 5) is 25.0. The first-order chi connectivity index (χ1) is 8.66. The molecule has 1 saturated heterocycles. The molecule has 1 aromatic rings. The van der Waals surface area contributed by atoms with Gasteiger partial charge in [0.1, 0.15) is 5.82 Å². The maximum absolute atomic E-state index is 12.7. The molecule has 1 aromatic carbocycles. The minimum atomic E-state index is -0.691. The van der Waals surface area contributed by atoms with Crippen molar-refractivity contribution < 1.29 is 14.0 Å². The van der Waals surface area contributed by atoms with Crippen molar-refractivity contribution in [3.63, 3.8) is 0 Å². The highest BCUT2D eigenvalue weighted by molar-refractivity contribution is 6.39. The SMILES string of the molecule is O=C(Nc1ccc(F)cc1)C(=O)N1CCNCC1. The van der Waals surface area contributed by atoms with Crippen molar-refractivity contribution in [3.05, 3.63) is 30.1 Å². The van der Waals surface area contributed by atoms with Gasteiger partial charge in [0.2, 0.25) is 0 Å². The summed E-state index contributed by atoms with van der Waals surface area (Å²) in [6.45, 7) is 2.43. The highest BCUT2D eigenvalue weighted by Gasteiger charge is 2.23. The van der Waals surface area contributed by atoms with Gasteiger partial charge in [-0.25, -0.2) is 4.39 Å². The molecule has 18 heavy (non-hydrogen) atoms. The van der Waals surface area contributed by atoms with E-state index in [0.717, 1.165) is 0 Å². The summed E-state index contributed by atoms with van der Waals surface area (Å²) in [7, 11) is 0. The third kappa shape index (κ3) is 3.04. The fraction of sp³-hybridized carbons (Fsp3) is 0.333. The van der Waals surface area contributed by atoms with Crippen molar-refractivity contribution in [3.8, 4) is 0 Å². The van der Waals surface area contributed by atoms with Crippen molar-refractivity contribution >= 4 is 17.5 Å². The summed E-state index contributed by atoms with van der Waals surface area (Å²) < 4.78 is 12.7. The fourth-order valence-electron chi connectivity index (χ4n) is 1.73. The summed E-state index contributed by atoms with van der Waals surface area (Å²) in [5, 5.41) is 5.55. The summed E-state index contributed by atoms with van der Waals surface area (Å²) in [6, 6.07) is 5.28. The van der Waals surface area contributed by atoms with Crippen LogP contribution in [0, 0.1) is 5.82 Å². The van der Waals surface area contributed by atoms with Crippen LogP contribution in [0.15, 0.2) is 24.3 Å². The summed E-state index contributed by atoms with van der Waals surface area (Å²) in [6.07, 6.45) is 0. The highest BCUT2D eigenvalue weighted by Crippen LogP contribution is 2.08. The van der Waals surface area contributed by atoms with Gasteiger partial charge < -0.3 is 15.5 Å². The first kappa shape index (κ1) is 12.5. The second kappa shape index (κ2) is 5.59. The Morgan fingerprint density at radius 3 is 2.39 bits per heavy atom. The molecular weight excluding hydrogens is 237 g/mol. The number of piperazine rings is 1. The fourth-order valence-corrected chi connectivity index (χ4v) is 1.73. The maximum atomic E-state index is 12.7. The Bertz CT molecular complexity index is 441. The van der Waals surface area contributed by atoms with Crippen LogP contribution in [0.3, 0.4) is 0 Å². The van der Waals surface area contributed by atoms with Gasteiger partial charge in [-0.2, -0.15) is 0 Å². The average molecular weight is 251 g/mol. The van der Waals surface area contributed by atoms with Crippen LogP contribution < -0.4 is 10.6 Å². The number of hydrogen-bond acceptors (Lipinski definition) is 3. The standard InChI is InChI=1S/C12H14FN3O2/c13-9-1-3-10(4-2-9)15-11(17)12(18)16-7-5-14-6-8-16/h1-4,14H,5-8H2,(H,15,17). The van der Waals surface area contributed by atoms with Crippen LogP contribution in [-0.2, 0) is 9.59 Å². The molecule has 1 heterocycles. The molecule has 6 heteroatoms. The van der Waals surface area contributed by atoms with E-state index >= 15 is 0 Å². The van der Waals surface area contributed by atoms with Crippen molar-refractivity contribution in [2.75, 3.05) is 31.5 Å². The Labute approximate surface area is 104 Å². The van der Waals surface area contributed by atoms with Crippen LogP contribution in [0.1, 0.15) is 0 Å². The highest BCUT2D eigenvalue weighted by atomic mass is 19.1. The van der Waals surface area contributed by atoms with Crippen LogP contribution in [0.4, 0.5) is 10.1 Å². The van der Waals surface area contributed by atoms with Gasteiger partial charge in [0.05, 0.1) is 0 Å². The van der Waals surface area contributed by atoms with Gasteiger partial charge in [0, 0.05) is 31.9 Å². The molecule has 1 aliphatic rings.